The first-order valence-electron chi connectivity index (χ1n) is 20.0. The van der Waals surface area contributed by atoms with Crippen LogP contribution in [0.15, 0.2) is 168 Å². The smallest absolute Gasteiger partial charge is 0.137 e. The first-order valence-corrected chi connectivity index (χ1v) is 20.8. The molecule has 3 aliphatic heterocycles. The van der Waals surface area contributed by atoms with E-state index >= 15 is 0 Å². The highest BCUT2D eigenvalue weighted by atomic mass is 32.2. The molecular weight excluding hydrogens is 731 g/mol. The monoisotopic (exact) mass is 773 g/mol. The van der Waals surface area contributed by atoms with Crippen LogP contribution in [0.3, 0.4) is 0 Å². The highest BCUT2D eigenvalue weighted by Crippen LogP contribution is 2.60. The van der Waals surface area contributed by atoms with Gasteiger partial charge in [0.05, 0.1) is 34.8 Å². The van der Waals surface area contributed by atoms with Crippen molar-refractivity contribution in [1.82, 2.24) is 9.55 Å². The van der Waals surface area contributed by atoms with Gasteiger partial charge in [0.25, 0.3) is 0 Å². The molecule has 0 radical (unpaired) electrons. The van der Waals surface area contributed by atoms with Crippen LogP contribution in [-0.4, -0.2) is 16.2 Å². The number of para-hydroxylation sites is 3. The summed E-state index contributed by atoms with van der Waals surface area (Å²) < 4.78 is 8.91. The maximum Gasteiger partial charge on any atom is 0.137 e. The third-order valence-corrected chi connectivity index (χ3v) is 13.1. The van der Waals surface area contributed by atoms with Gasteiger partial charge >= 0.3 is 0 Å². The Labute approximate surface area is 343 Å². The van der Waals surface area contributed by atoms with E-state index in [1.807, 2.05) is 24.0 Å². The minimum absolute atomic E-state index is 0.00552. The molecule has 0 saturated heterocycles. The lowest BCUT2D eigenvalue weighted by Gasteiger charge is -2.45. The summed E-state index contributed by atoms with van der Waals surface area (Å²) in [5.41, 5.74) is 12.0. The van der Waals surface area contributed by atoms with Crippen LogP contribution in [0.4, 0.5) is 28.4 Å². The molecule has 0 spiro atoms. The van der Waals surface area contributed by atoms with Crippen LogP contribution in [0.2, 0.25) is 0 Å². The molecule has 0 unspecified atom stereocenters. The third kappa shape index (κ3) is 5.44. The number of hydrogen-bond donors (Lipinski definition) is 0. The zero-order chi connectivity index (χ0) is 39.3. The van der Waals surface area contributed by atoms with Crippen LogP contribution in [0.5, 0.6) is 11.5 Å². The number of rotatable bonds is 5. The minimum Gasteiger partial charge on any atom is -0.457 e. The van der Waals surface area contributed by atoms with Crippen molar-refractivity contribution in [3.63, 3.8) is 0 Å². The van der Waals surface area contributed by atoms with Crippen LogP contribution in [0.1, 0.15) is 51.3 Å². The van der Waals surface area contributed by atoms with Gasteiger partial charge in [-0.05, 0) is 94.9 Å². The molecule has 0 N–H and O–H groups in total. The van der Waals surface area contributed by atoms with Gasteiger partial charge in [0.2, 0.25) is 0 Å². The van der Waals surface area contributed by atoms with Gasteiger partial charge in [0, 0.05) is 68.1 Å². The van der Waals surface area contributed by atoms with Crippen molar-refractivity contribution < 1.29 is 4.74 Å². The second kappa shape index (κ2) is 12.8. The fourth-order valence-corrected chi connectivity index (χ4v) is 10.1. The molecule has 0 bridgehead atoms. The van der Waals surface area contributed by atoms with E-state index in [0.717, 1.165) is 34.0 Å². The molecule has 7 heteroatoms. The Kier molecular flexibility index (Phi) is 7.67. The number of benzene rings is 6. The van der Waals surface area contributed by atoms with Crippen LogP contribution in [0.25, 0.3) is 27.6 Å². The van der Waals surface area contributed by atoms with Crippen molar-refractivity contribution in [2.45, 2.75) is 55.2 Å². The number of fused-ring (bicyclic) bond motifs is 7. The molecule has 0 aliphatic carbocycles. The molecule has 0 saturated carbocycles. The summed E-state index contributed by atoms with van der Waals surface area (Å²) in [6, 6.07) is 50.1. The van der Waals surface area contributed by atoms with Crippen molar-refractivity contribution >= 4 is 62.0 Å². The molecular formula is C51H43N5OS. The summed E-state index contributed by atoms with van der Waals surface area (Å²) in [6.07, 6.45) is 6.28. The van der Waals surface area contributed by atoms with Gasteiger partial charge in [0.1, 0.15) is 17.3 Å². The summed E-state index contributed by atoms with van der Waals surface area (Å²) in [5.74, 6) is 2.47. The molecule has 284 valence electrons. The SMILES string of the molecule is CC(C)(C)c1ccnc(-n2c3ccccc3c3ccc(Oc4cccc(N5C=CN(c6cc7c8c(c6)C(C)(C)c6ccccc6N8c6ccccc6S7)C5)c4)cc32)c1. The van der Waals surface area contributed by atoms with Crippen LogP contribution < -0.4 is 19.4 Å². The van der Waals surface area contributed by atoms with Gasteiger partial charge < -0.3 is 19.4 Å². The summed E-state index contributed by atoms with van der Waals surface area (Å²) in [4.78, 5) is 14.5. The van der Waals surface area contributed by atoms with Gasteiger partial charge in [-0.2, -0.15) is 0 Å². The average molecular weight is 774 g/mol. The largest absolute Gasteiger partial charge is 0.457 e. The lowest BCUT2D eigenvalue weighted by molar-refractivity contribution is 0.483. The Morgan fingerprint density at radius 3 is 2.22 bits per heavy atom. The van der Waals surface area contributed by atoms with E-state index in [1.165, 1.54) is 60.0 Å². The van der Waals surface area contributed by atoms with Crippen molar-refractivity contribution in [2.75, 3.05) is 21.4 Å². The average Bonchev–Trinajstić information content (AvgIpc) is 3.86. The van der Waals surface area contributed by atoms with Crippen molar-refractivity contribution in [3.8, 4) is 17.3 Å². The molecule has 8 aromatic rings. The first-order chi connectivity index (χ1) is 28.1. The summed E-state index contributed by atoms with van der Waals surface area (Å²) >= 11 is 1.87. The number of aromatic nitrogens is 2. The number of nitrogens with zero attached hydrogens (tertiary/aromatic N) is 5. The zero-order valence-electron chi connectivity index (χ0n) is 33.3. The molecule has 2 aromatic heterocycles. The molecule has 6 nitrogen and oxygen atoms in total. The number of anilines is 5. The zero-order valence-corrected chi connectivity index (χ0v) is 34.1. The van der Waals surface area contributed by atoms with Gasteiger partial charge in [0.15, 0.2) is 0 Å². The molecule has 5 heterocycles. The van der Waals surface area contributed by atoms with Gasteiger partial charge in [-0.25, -0.2) is 4.98 Å². The Bertz CT molecular complexity index is 2990. The van der Waals surface area contributed by atoms with Crippen LogP contribution in [0, 0.1) is 0 Å². The lowest BCUT2D eigenvalue weighted by atomic mass is 9.73. The Hall–Kier alpha value is -6.44. The van der Waals surface area contributed by atoms with E-state index in [0.29, 0.717) is 6.67 Å². The standard InChI is InChI=1S/C51H43N5OS/c1-50(2,3)33-23-24-52-48(27-33)55-42-17-8-6-15-38(42)39-22-21-37(31-45(39)55)57-36-14-12-13-34(28-36)53-25-26-54(32-53)35-29-41-49-47(30-35)58-46-20-11-10-19-44(46)56(49)43-18-9-7-16-40(43)51(41,4)5/h6-31H,32H2,1-5H3. The van der Waals surface area contributed by atoms with Crippen LogP contribution >= 0.6 is 11.8 Å². The fourth-order valence-electron chi connectivity index (χ4n) is 8.99. The molecule has 58 heavy (non-hydrogen) atoms. The summed E-state index contributed by atoms with van der Waals surface area (Å²) in [5, 5.41) is 2.36. The van der Waals surface area contributed by atoms with Gasteiger partial charge in [-0.3, -0.25) is 4.57 Å². The molecule has 6 aromatic carbocycles. The Morgan fingerprint density at radius 2 is 1.36 bits per heavy atom. The Morgan fingerprint density at radius 1 is 0.621 bits per heavy atom. The van der Waals surface area contributed by atoms with Crippen molar-refractivity contribution in [3.05, 3.63) is 175 Å². The molecule has 3 aliphatic rings. The molecule has 0 amide bonds. The quantitative estimate of drug-likeness (QED) is 0.173. The van der Waals surface area contributed by atoms with E-state index in [4.69, 9.17) is 9.72 Å². The second-order valence-corrected chi connectivity index (χ2v) is 18.1. The van der Waals surface area contributed by atoms with Gasteiger partial charge in [-0.1, -0.05) is 101 Å². The van der Waals surface area contributed by atoms with Crippen molar-refractivity contribution in [2.24, 2.45) is 0 Å². The highest BCUT2D eigenvalue weighted by Gasteiger charge is 2.41. The maximum atomic E-state index is 6.65. The summed E-state index contributed by atoms with van der Waals surface area (Å²) in [7, 11) is 0. The second-order valence-electron chi connectivity index (χ2n) is 17.1. The predicted molar refractivity (Wildman–Crippen MR) is 240 cm³/mol. The van der Waals surface area contributed by atoms with Gasteiger partial charge in [-0.15, -0.1) is 0 Å². The molecule has 11 rings (SSSR count). The van der Waals surface area contributed by atoms with E-state index in [1.54, 1.807) is 0 Å². The molecule has 0 atom stereocenters. The lowest BCUT2D eigenvalue weighted by Crippen LogP contribution is -2.33. The third-order valence-electron chi connectivity index (χ3n) is 12.0. The maximum absolute atomic E-state index is 6.65. The number of hydrogen-bond acceptors (Lipinski definition) is 6. The normalized spacial score (nSPS) is 15.2. The van der Waals surface area contributed by atoms with E-state index in [9.17, 15) is 0 Å². The van der Waals surface area contributed by atoms with Crippen LogP contribution in [-0.2, 0) is 10.8 Å². The Balaban J connectivity index is 0.900. The van der Waals surface area contributed by atoms with Crippen molar-refractivity contribution in [1.29, 1.82) is 0 Å². The number of pyridine rings is 1. The molecule has 0 fully saturated rings. The predicted octanol–water partition coefficient (Wildman–Crippen LogP) is 13.6. The fraction of sp³-hybridized carbons (Fsp3) is 0.157. The topological polar surface area (TPSA) is 36.8 Å². The number of ether oxygens (including phenoxy) is 1. The van der Waals surface area contributed by atoms with E-state index in [2.05, 4.69) is 200 Å². The minimum atomic E-state index is -0.167. The van der Waals surface area contributed by atoms with E-state index in [-0.39, 0.29) is 10.8 Å². The summed E-state index contributed by atoms with van der Waals surface area (Å²) in [6.45, 7) is 12.1. The highest BCUT2D eigenvalue weighted by molar-refractivity contribution is 7.99. The first kappa shape index (κ1) is 34.8. The van der Waals surface area contributed by atoms with E-state index < -0.39 is 0 Å².